The molecule has 0 aliphatic heterocycles. The van der Waals surface area contributed by atoms with E-state index in [0.29, 0.717) is 0 Å². The summed E-state index contributed by atoms with van der Waals surface area (Å²) in [5.74, 6) is 0. The summed E-state index contributed by atoms with van der Waals surface area (Å²) < 4.78 is 2.48. The predicted molar refractivity (Wildman–Crippen MR) is 273 cm³/mol. The lowest BCUT2D eigenvalue weighted by molar-refractivity contribution is 1.16. The number of aryl methyl sites for hydroxylation is 1. The number of hydrogen-bond acceptors (Lipinski definition) is 1. The molecule has 2 nitrogen and oxygen atoms in total. The topological polar surface area (TPSA) is 17.8 Å². The average Bonchev–Trinajstić information content (AvgIpc) is 3.68. The number of pyridine rings is 1. The van der Waals surface area contributed by atoms with Crippen molar-refractivity contribution in [1.29, 1.82) is 0 Å². The van der Waals surface area contributed by atoms with Crippen molar-refractivity contribution < 1.29 is 0 Å². The highest BCUT2D eigenvalue weighted by atomic mass is 15.0. The first kappa shape index (κ1) is 36.3. The minimum Gasteiger partial charge on any atom is -0.309 e. The van der Waals surface area contributed by atoms with Gasteiger partial charge in [0, 0.05) is 21.9 Å². The van der Waals surface area contributed by atoms with E-state index in [1.165, 1.54) is 92.5 Å². The maximum absolute atomic E-state index is 5.46. The fourth-order valence-corrected chi connectivity index (χ4v) is 10.1. The molecule has 0 radical (unpaired) electrons. The Bertz CT molecular complexity index is 3910. The molecule has 13 aromatic rings. The van der Waals surface area contributed by atoms with Gasteiger partial charge in [0.25, 0.3) is 0 Å². The smallest absolute Gasteiger partial charge is 0.0730 e. The van der Waals surface area contributed by atoms with Gasteiger partial charge in [-0.05, 0) is 138 Å². The molecular formula is C62H40N2. The van der Waals surface area contributed by atoms with Gasteiger partial charge < -0.3 is 4.57 Å². The summed E-state index contributed by atoms with van der Waals surface area (Å²) in [4.78, 5) is 5.46. The van der Waals surface area contributed by atoms with E-state index < -0.39 is 0 Å². The molecule has 0 aliphatic carbocycles. The Morgan fingerprint density at radius 2 is 0.750 bits per heavy atom. The predicted octanol–water partition coefficient (Wildman–Crippen LogP) is 16.9. The number of benzene rings is 11. The van der Waals surface area contributed by atoms with Gasteiger partial charge in [0.15, 0.2) is 0 Å². The van der Waals surface area contributed by atoms with Crippen LogP contribution < -0.4 is 0 Å². The Labute approximate surface area is 370 Å². The lowest BCUT2D eigenvalue weighted by Crippen LogP contribution is -1.98. The van der Waals surface area contributed by atoms with E-state index in [1.807, 2.05) is 0 Å². The van der Waals surface area contributed by atoms with Gasteiger partial charge in [-0.15, -0.1) is 0 Å². The van der Waals surface area contributed by atoms with Crippen molar-refractivity contribution in [3.05, 3.63) is 230 Å². The maximum Gasteiger partial charge on any atom is 0.0730 e. The zero-order chi connectivity index (χ0) is 42.3. The van der Waals surface area contributed by atoms with Crippen LogP contribution in [0, 0.1) is 6.92 Å². The van der Waals surface area contributed by atoms with E-state index in [9.17, 15) is 0 Å². The molecule has 0 unspecified atom stereocenters. The molecule has 0 atom stereocenters. The highest BCUT2D eigenvalue weighted by molar-refractivity contribution is 6.29. The van der Waals surface area contributed by atoms with Gasteiger partial charge in [0.2, 0.25) is 0 Å². The zero-order valence-electron chi connectivity index (χ0n) is 35.3. The molecule has 0 spiro atoms. The standard InChI is InChI=1S/C62H40N2/c1-39-19-21-43(22-20-39)46-27-29-53-54(33-46)51-17-9-10-18-52(51)55-37-58-57-34-47(40-11-3-2-4-12-40)28-30-61(57)64(62(58)38-56(53)55)50-35-59(48-25-23-41-13-5-7-15-44(41)31-48)63-60(36-50)49-26-24-42-14-6-8-16-45(42)32-49/h2-38H,1H3. The molecule has 2 heterocycles. The molecular weight excluding hydrogens is 773 g/mol. The second-order valence-corrected chi connectivity index (χ2v) is 17.2. The average molecular weight is 813 g/mol. The molecule has 0 saturated heterocycles. The Morgan fingerprint density at radius 1 is 0.281 bits per heavy atom. The highest BCUT2D eigenvalue weighted by Gasteiger charge is 2.20. The fourth-order valence-electron chi connectivity index (χ4n) is 10.1. The summed E-state index contributed by atoms with van der Waals surface area (Å²) >= 11 is 0. The van der Waals surface area contributed by atoms with Gasteiger partial charge in [-0.3, -0.25) is 0 Å². The highest BCUT2D eigenvalue weighted by Crippen LogP contribution is 2.43. The molecule has 11 aromatic carbocycles. The minimum absolute atomic E-state index is 0.934. The van der Waals surface area contributed by atoms with Crippen LogP contribution in [0.4, 0.5) is 0 Å². The monoisotopic (exact) mass is 812 g/mol. The van der Waals surface area contributed by atoms with Crippen molar-refractivity contribution in [3.8, 4) is 50.5 Å². The summed E-state index contributed by atoms with van der Waals surface area (Å²) in [6.45, 7) is 2.15. The molecule has 0 amide bonds. The molecule has 0 saturated carbocycles. The van der Waals surface area contributed by atoms with Crippen LogP contribution in [0.25, 0.3) is 126 Å². The lowest BCUT2D eigenvalue weighted by Gasteiger charge is -2.15. The van der Waals surface area contributed by atoms with Gasteiger partial charge in [-0.2, -0.15) is 0 Å². The van der Waals surface area contributed by atoms with Crippen LogP contribution in [0.2, 0.25) is 0 Å². The number of fused-ring (bicyclic) bond motifs is 11. The van der Waals surface area contributed by atoms with Gasteiger partial charge in [0.1, 0.15) is 0 Å². The van der Waals surface area contributed by atoms with E-state index in [4.69, 9.17) is 4.98 Å². The summed E-state index contributed by atoms with van der Waals surface area (Å²) in [5, 5.41) is 14.8. The van der Waals surface area contributed by atoms with Crippen LogP contribution in [-0.2, 0) is 0 Å². The van der Waals surface area contributed by atoms with E-state index in [2.05, 4.69) is 236 Å². The summed E-state index contributed by atoms with van der Waals surface area (Å²) in [5.41, 5.74) is 13.5. The molecule has 2 heteroatoms. The van der Waals surface area contributed by atoms with Gasteiger partial charge in [-0.25, -0.2) is 4.98 Å². The molecule has 13 rings (SSSR count). The quantitative estimate of drug-likeness (QED) is 0.158. The van der Waals surface area contributed by atoms with Crippen LogP contribution in [0.15, 0.2) is 224 Å². The Balaban J connectivity index is 1.13. The van der Waals surface area contributed by atoms with Crippen LogP contribution in [0.5, 0.6) is 0 Å². The molecule has 0 bridgehead atoms. The summed E-state index contributed by atoms with van der Waals surface area (Å²) in [6.07, 6.45) is 0. The van der Waals surface area contributed by atoms with Crippen molar-refractivity contribution in [1.82, 2.24) is 9.55 Å². The molecule has 298 valence electrons. The van der Waals surface area contributed by atoms with Gasteiger partial charge in [0.05, 0.1) is 28.1 Å². The first-order valence-electron chi connectivity index (χ1n) is 22.1. The number of hydrogen-bond donors (Lipinski definition) is 0. The molecule has 0 N–H and O–H groups in total. The van der Waals surface area contributed by atoms with Crippen molar-refractivity contribution >= 4 is 75.7 Å². The first-order chi connectivity index (χ1) is 31.6. The van der Waals surface area contributed by atoms with E-state index in [1.54, 1.807) is 0 Å². The molecule has 0 fully saturated rings. The third-order valence-electron chi connectivity index (χ3n) is 13.4. The maximum atomic E-state index is 5.46. The Hall–Kier alpha value is -8.33. The lowest BCUT2D eigenvalue weighted by atomic mass is 9.91. The van der Waals surface area contributed by atoms with E-state index in [-0.39, 0.29) is 0 Å². The van der Waals surface area contributed by atoms with Gasteiger partial charge in [-0.1, -0.05) is 175 Å². The minimum atomic E-state index is 0.934. The summed E-state index contributed by atoms with van der Waals surface area (Å²) in [7, 11) is 0. The number of aromatic nitrogens is 2. The molecule has 2 aromatic heterocycles. The zero-order valence-corrected chi connectivity index (χ0v) is 35.3. The molecule has 64 heavy (non-hydrogen) atoms. The van der Waals surface area contributed by atoms with Gasteiger partial charge >= 0.3 is 0 Å². The molecule has 0 aliphatic rings. The summed E-state index contributed by atoms with van der Waals surface area (Å²) in [6, 6.07) is 82.6. The fraction of sp³-hybridized carbons (Fsp3) is 0.0161. The van der Waals surface area contributed by atoms with Crippen LogP contribution in [0.1, 0.15) is 5.56 Å². The number of rotatable bonds is 5. The SMILES string of the molecule is Cc1ccc(-c2ccc3c(c2)c2ccccc2c2cc4c5cc(-c6ccccc6)ccc5n(-c5cc(-c6ccc7ccccc7c6)nc(-c6ccc7ccccc7c6)c5)c4cc32)cc1. The third-order valence-corrected chi connectivity index (χ3v) is 13.4. The second kappa shape index (κ2) is 14.4. The second-order valence-electron chi connectivity index (χ2n) is 17.2. The van der Waals surface area contributed by atoms with E-state index in [0.717, 1.165) is 39.2 Å². The number of nitrogens with zero attached hydrogens (tertiary/aromatic N) is 2. The third kappa shape index (κ3) is 5.91. The van der Waals surface area contributed by atoms with Crippen LogP contribution >= 0.6 is 0 Å². The van der Waals surface area contributed by atoms with Crippen molar-refractivity contribution in [2.45, 2.75) is 6.92 Å². The van der Waals surface area contributed by atoms with Crippen LogP contribution in [-0.4, -0.2) is 9.55 Å². The normalized spacial score (nSPS) is 11.8. The van der Waals surface area contributed by atoms with Crippen LogP contribution in [0.3, 0.4) is 0 Å². The van der Waals surface area contributed by atoms with E-state index >= 15 is 0 Å². The largest absolute Gasteiger partial charge is 0.309 e. The Morgan fingerprint density at radius 3 is 1.41 bits per heavy atom. The first-order valence-corrected chi connectivity index (χ1v) is 22.1. The van der Waals surface area contributed by atoms with Crippen molar-refractivity contribution in [2.24, 2.45) is 0 Å². The Kier molecular flexibility index (Phi) is 8.16. The van der Waals surface area contributed by atoms with Crippen molar-refractivity contribution in [3.63, 3.8) is 0 Å². The van der Waals surface area contributed by atoms with Crippen molar-refractivity contribution in [2.75, 3.05) is 0 Å².